The van der Waals surface area contributed by atoms with E-state index in [1.165, 1.54) is 0 Å². The highest BCUT2D eigenvalue weighted by Gasteiger charge is 2.17. The maximum absolute atomic E-state index is 10.6. The van der Waals surface area contributed by atoms with Gasteiger partial charge < -0.3 is 20.9 Å². The van der Waals surface area contributed by atoms with Crippen LogP contribution in [0.5, 0.6) is 0 Å². The molecule has 0 amide bonds. The van der Waals surface area contributed by atoms with Gasteiger partial charge in [0.2, 0.25) is 0 Å². The second-order valence-corrected chi connectivity index (χ2v) is 4.15. The summed E-state index contributed by atoms with van der Waals surface area (Å²) in [6.07, 6.45) is 1.31. The van der Waals surface area contributed by atoms with E-state index < -0.39 is 5.97 Å². The molecule has 1 aliphatic rings. The van der Waals surface area contributed by atoms with Crippen molar-refractivity contribution in [3.63, 3.8) is 0 Å². The Balaban J connectivity index is 2.00. The Morgan fingerprint density at radius 3 is 2.94 bits per heavy atom. The zero-order valence-corrected chi connectivity index (χ0v) is 9.48. The number of ether oxygens (including phenoxy) is 1. The summed E-state index contributed by atoms with van der Waals surface area (Å²) in [5.41, 5.74) is 7.96. The highest BCUT2D eigenvalue weighted by molar-refractivity contribution is 5.73. The van der Waals surface area contributed by atoms with Gasteiger partial charge in [-0.25, -0.2) is 0 Å². The van der Waals surface area contributed by atoms with E-state index in [-0.39, 0.29) is 12.5 Å². The number of nitrogens with two attached hydrogens (primary N) is 1. The molecule has 1 aromatic rings. The number of carboxylic acids is 1. The molecule has 0 bridgehead atoms. The summed E-state index contributed by atoms with van der Waals surface area (Å²) in [5.74, 6) is -0.844. The first-order valence-electron chi connectivity index (χ1n) is 5.61. The average Bonchev–Trinajstić information content (AvgIpc) is 2.19. The first-order chi connectivity index (χ1) is 8.15. The van der Waals surface area contributed by atoms with Gasteiger partial charge in [-0.3, -0.25) is 4.79 Å². The Kier molecular flexibility index (Phi) is 3.49. The molecule has 92 valence electrons. The summed E-state index contributed by atoms with van der Waals surface area (Å²) in [5, 5.41) is 11.9. The molecule has 1 fully saturated rings. The third kappa shape index (κ3) is 3.10. The van der Waals surface area contributed by atoms with E-state index in [0.717, 1.165) is 24.3 Å². The maximum Gasteiger partial charge on any atom is 0.307 e. The number of carboxylic acid groups (broad SMARTS) is 1. The summed E-state index contributed by atoms with van der Waals surface area (Å²) in [7, 11) is 0. The van der Waals surface area contributed by atoms with Gasteiger partial charge in [0.25, 0.3) is 0 Å². The maximum atomic E-state index is 10.6. The van der Waals surface area contributed by atoms with E-state index in [2.05, 4.69) is 5.32 Å². The zero-order chi connectivity index (χ0) is 12.3. The molecule has 17 heavy (non-hydrogen) atoms. The van der Waals surface area contributed by atoms with Gasteiger partial charge in [-0.05, 0) is 24.1 Å². The van der Waals surface area contributed by atoms with Crippen LogP contribution >= 0.6 is 0 Å². The summed E-state index contributed by atoms with van der Waals surface area (Å²) in [6.45, 7) is 1.53. The highest BCUT2D eigenvalue weighted by atomic mass is 16.5. The fourth-order valence-corrected chi connectivity index (χ4v) is 1.71. The lowest BCUT2D eigenvalue weighted by molar-refractivity contribution is -0.136. The van der Waals surface area contributed by atoms with E-state index in [1.54, 1.807) is 18.2 Å². The van der Waals surface area contributed by atoms with Gasteiger partial charge in [-0.1, -0.05) is 6.07 Å². The van der Waals surface area contributed by atoms with E-state index in [4.69, 9.17) is 15.6 Å². The SMILES string of the molecule is Nc1ccc(CC(=O)O)cc1NC[C@@H]1CCO1. The number of carbonyl (C=O) groups is 1. The fraction of sp³-hybridized carbons (Fsp3) is 0.417. The first kappa shape index (κ1) is 11.7. The fourth-order valence-electron chi connectivity index (χ4n) is 1.71. The molecule has 5 nitrogen and oxygen atoms in total. The molecule has 2 rings (SSSR count). The molecule has 1 aromatic carbocycles. The van der Waals surface area contributed by atoms with Crippen LogP contribution in [0.2, 0.25) is 0 Å². The normalized spacial score (nSPS) is 18.5. The van der Waals surface area contributed by atoms with Crippen LogP contribution in [0.25, 0.3) is 0 Å². The second kappa shape index (κ2) is 5.05. The Hall–Kier alpha value is -1.75. The third-order valence-corrected chi connectivity index (χ3v) is 2.79. The van der Waals surface area contributed by atoms with Crippen LogP contribution in [0.1, 0.15) is 12.0 Å². The topological polar surface area (TPSA) is 84.6 Å². The van der Waals surface area contributed by atoms with Crippen LogP contribution in [0.3, 0.4) is 0 Å². The summed E-state index contributed by atoms with van der Waals surface area (Å²) < 4.78 is 5.29. The number of aliphatic carboxylic acids is 1. The Morgan fingerprint density at radius 1 is 1.59 bits per heavy atom. The lowest BCUT2D eigenvalue weighted by Gasteiger charge is -2.27. The molecule has 5 heteroatoms. The molecular weight excluding hydrogens is 220 g/mol. The van der Waals surface area contributed by atoms with E-state index in [0.29, 0.717) is 12.2 Å². The van der Waals surface area contributed by atoms with Crippen molar-refractivity contribution in [1.82, 2.24) is 0 Å². The summed E-state index contributed by atoms with van der Waals surface area (Å²) in [6, 6.07) is 5.23. The van der Waals surface area contributed by atoms with Crippen molar-refractivity contribution in [2.75, 3.05) is 24.2 Å². The summed E-state index contributed by atoms with van der Waals surface area (Å²) in [4.78, 5) is 10.6. The van der Waals surface area contributed by atoms with Gasteiger partial charge in [-0.2, -0.15) is 0 Å². The molecule has 0 saturated carbocycles. The van der Waals surface area contributed by atoms with Gasteiger partial charge in [-0.15, -0.1) is 0 Å². The van der Waals surface area contributed by atoms with E-state index >= 15 is 0 Å². The van der Waals surface area contributed by atoms with Crippen LogP contribution in [0.15, 0.2) is 18.2 Å². The van der Waals surface area contributed by atoms with Gasteiger partial charge in [0.1, 0.15) is 0 Å². The minimum atomic E-state index is -0.844. The van der Waals surface area contributed by atoms with Crippen molar-refractivity contribution in [2.24, 2.45) is 0 Å². The average molecular weight is 236 g/mol. The molecule has 1 atom stereocenters. The molecular formula is C12H16N2O3. The quantitative estimate of drug-likeness (QED) is 0.666. The molecule has 0 unspecified atom stereocenters. The molecule has 4 N–H and O–H groups in total. The summed E-state index contributed by atoms with van der Waals surface area (Å²) >= 11 is 0. The third-order valence-electron chi connectivity index (χ3n) is 2.79. The van der Waals surface area contributed by atoms with Crippen LogP contribution in [0, 0.1) is 0 Å². The van der Waals surface area contributed by atoms with Crippen molar-refractivity contribution < 1.29 is 14.6 Å². The zero-order valence-electron chi connectivity index (χ0n) is 9.48. The smallest absolute Gasteiger partial charge is 0.307 e. The number of benzene rings is 1. The van der Waals surface area contributed by atoms with Crippen molar-refractivity contribution in [1.29, 1.82) is 0 Å². The van der Waals surface area contributed by atoms with Crippen molar-refractivity contribution in [2.45, 2.75) is 18.9 Å². The van der Waals surface area contributed by atoms with Gasteiger partial charge in [0.05, 0.1) is 23.9 Å². The minimum absolute atomic E-state index is 0.00882. The predicted octanol–water partition coefficient (Wildman–Crippen LogP) is 1.10. The number of rotatable bonds is 5. The van der Waals surface area contributed by atoms with E-state index in [9.17, 15) is 4.79 Å². The van der Waals surface area contributed by atoms with Gasteiger partial charge in [0.15, 0.2) is 0 Å². The van der Waals surface area contributed by atoms with Crippen molar-refractivity contribution in [3.05, 3.63) is 23.8 Å². The van der Waals surface area contributed by atoms with Gasteiger partial charge >= 0.3 is 5.97 Å². The monoisotopic (exact) mass is 236 g/mol. The number of nitrogen functional groups attached to an aromatic ring is 1. The second-order valence-electron chi connectivity index (χ2n) is 4.15. The Labute approximate surface area is 99.6 Å². The number of hydrogen-bond acceptors (Lipinski definition) is 4. The lowest BCUT2D eigenvalue weighted by Crippen LogP contribution is -2.33. The molecule has 1 aliphatic heterocycles. The number of nitrogens with one attached hydrogen (secondary N) is 1. The van der Waals surface area contributed by atoms with Gasteiger partial charge in [0, 0.05) is 13.2 Å². The van der Waals surface area contributed by atoms with Crippen LogP contribution in [-0.2, 0) is 16.0 Å². The molecule has 0 aliphatic carbocycles. The first-order valence-corrected chi connectivity index (χ1v) is 5.61. The molecule has 0 aromatic heterocycles. The Morgan fingerprint density at radius 2 is 2.35 bits per heavy atom. The largest absolute Gasteiger partial charge is 0.481 e. The van der Waals surface area contributed by atoms with Crippen LogP contribution < -0.4 is 11.1 Å². The lowest BCUT2D eigenvalue weighted by atomic mass is 10.1. The molecule has 1 saturated heterocycles. The number of hydrogen-bond donors (Lipinski definition) is 3. The predicted molar refractivity (Wildman–Crippen MR) is 65.0 cm³/mol. The van der Waals surface area contributed by atoms with Crippen molar-refractivity contribution >= 4 is 17.3 Å². The van der Waals surface area contributed by atoms with Crippen LogP contribution in [-0.4, -0.2) is 30.3 Å². The van der Waals surface area contributed by atoms with Crippen molar-refractivity contribution in [3.8, 4) is 0 Å². The van der Waals surface area contributed by atoms with Crippen LogP contribution in [0.4, 0.5) is 11.4 Å². The molecule has 0 spiro atoms. The van der Waals surface area contributed by atoms with E-state index in [1.807, 2.05) is 0 Å². The standard InChI is InChI=1S/C12H16N2O3/c13-10-2-1-8(6-12(15)16)5-11(10)14-7-9-3-4-17-9/h1-2,5,9,14H,3-4,6-7,13H2,(H,15,16)/t9-/m0/s1. The minimum Gasteiger partial charge on any atom is -0.481 e. The Bertz CT molecular complexity index is 416. The number of anilines is 2. The highest BCUT2D eigenvalue weighted by Crippen LogP contribution is 2.21. The molecule has 1 heterocycles. The molecule has 0 radical (unpaired) electrons.